The molecule has 39 heavy (non-hydrogen) atoms. The third-order valence-corrected chi connectivity index (χ3v) is 10.5. The molecule has 4 aromatic rings. The third kappa shape index (κ3) is 2.98. The average molecular weight is 519 g/mol. The van der Waals surface area contributed by atoms with Crippen molar-refractivity contribution in [2.45, 2.75) is 61.7 Å². The number of hydrogen-bond donors (Lipinski definition) is 2. The molecule has 4 atom stereocenters. The molecule has 0 radical (unpaired) electrons. The van der Waals surface area contributed by atoms with Crippen LogP contribution in [0.3, 0.4) is 0 Å². The molecule has 5 aliphatic rings. The Morgan fingerprint density at radius 1 is 1.03 bits per heavy atom. The molecule has 198 valence electrons. The largest absolute Gasteiger partial charge is 0.489 e. The monoisotopic (exact) mass is 518 g/mol. The molecule has 0 amide bonds. The van der Waals surface area contributed by atoms with Crippen LogP contribution in [0, 0.1) is 5.92 Å². The number of benzene rings is 3. The second-order valence-electron chi connectivity index (χ2n) is 12.6. The van der Waals surface area contributed by atoms with Gasteiger partial charge in [0.25, 0.3) is 0 Å². The molecular weight excluding hydrogens is 484 g/mol. The summed E-state index contributed by atoms with van der Waals surface area (Å²) in [6.45, 7) is 2.71. The van der Waals surface area contributed by atoms with E-state index in [1.807, 2.05) is 6.07 Å². The second kappa shape index (κ2) is 7.89. The number of ether oxygens (including phenoxy) is 2. The minimum Gasteiger partial charge on any atom is -0.489 e. The minimum absolute atomic E-state index is 0.100. The molecule has 5 nitrogen and oxygen atoms in total. The summed E-state index contributed by atoms with van der Waals surface area (Å²) in [5.74, 6) is 2.47. The van der Waals surface area contributed by atoms with Crippen LogP contribution in [0.2, 0.25) is 0 Å². The first-order valence-corrected chi connectivity index (χ1v) is 14.7. The Morgan fingerprint density at radius 2 is 1.87 bits per heavy atom. The molecule has 0 unspecified atom stereocenters. The first-order valence-electron chi connectivity index (χ1n) is 14.7. The molecule has 3 heterocycles. The van der Waals surface area contributed by atoms with E-state index in [0.717, 1.165) is 61.0 Å². The standard InChI is InChI=1S/C34H34N2O3/c37-34-19-25-24-8-4-5-9-26(24)35-30(25)32-33(34)15-16-36(20-22-10-11-22)28(34)18-23-12-13-27(31(39-32)29(23)33)38-17-14-21-6-2-1-3-7-21/h1-9,12-13,22,28,32,35,37H,10-11,14-20H2/t28-,32+,33+,34-/m1/s1. The lowest BCUT2D eigenvalue weighted by atomic mass is 9.49. The molecule has 2 aliphatic heterocycles. The Hall–Kier alpha value is -3.28. The van der Waals surface area contributed by atoms with Gasteiger partial charge in [0.05, 0.1) is 23.3 Å². The highest BCUT2D eigenvalue weighted by atomic mass is 16.5. The normalized spacial score (nSPS) is 30.1. The van der Waals surface area contributed by atoms with E-state index < -0.39 is 11.0 Å². The van der Waals surface area contributed by atoms with Gasteiger partial charge in [-0.05, 0) is 67.0 Å². The molecule has 1 saturated heterocycles. The van der Waals surface area contributed by atoms with Crippen LogP contribution in [0.25, 0.3) is 10.9 Å². The molecule has 2 bridgehead atoms. The van der Waals surface area contributed by atoms with Crippen LogP contribution in [0.4, 0.5) is 0 Å². The van der Waals surface area contributed by atoms with Crippen molar-refractivity contribution in [2.24, 2.45) is 5.92 Å². The fourth-order valence-electron chi connectivity index (χ4n) is 8.60. The average Bonchev–Trinajstić information content (AvgIpc) is 3.59. The van der Waals surface area contributed by atoms with E-state index in [1.54, 1.807) is 0 Å². The van der Waals surface area contributed by atoms with Gasteiger partial charge in [-0.2, -0.15) is 0 Å². The molecule has 3 aliphatic carbocycles. The summed E-state index contributed by atoms with van der Waals surface area (Å²) in [4.78, 5) is 6.38. The predicted octanol–water partition coefficient (Wildman–Crippen LogP) is 5.49. The second-order valence-corrected chi connectivity index (χ2v) is 12.6. The van der Waals surface area contributed by atoms with Gasteiger partial charge < -0.3 is 19.6 Å². The predicted molar refractivity (Wildman–Crippen MR) is 150 cm³/mol. The fraction of sp³-hybridized carbons (Fsp3) is 0.412. The number of nitrogens with zero attached hydrogens (tertiary/aromatic N) is 1. The van der Waals surface area contributed by atoms with Gasteiger partial charge in [0, 0.05) is 41.9 Å². The van der Waals surface area contributed by atoms with E-state index in [-0.39, 0.29) is 12.1 Å². The smallest absolute Gasteiger partial charge is 0.166 e. The quantitative estimate of drug-likeness (QED) is 0.355. The maximum atomic E-state index is 13.1. The molecular formula is C34H34N2O3. The minimum atomic E-state index is -0.885. The highest BCUT2D eigenvalue weighted by Gasteiger charge is 2.72. The molecule has 2 N–H and O–H groups in total. The SMILES string of the molecule is O[C@@]12Cc3c([nH]c4ccccc34)[C@@H]3Oc4c(OCCc5ccccc5)ccc5c4[C@@]31CCN(CC1CC1)[C@@H]2C5. The number of likely N-dealkylation sites (tertiary alicyclic amines) is 1. The lowest BCUT2D eigenvalue weighted by molar-refractivity contribution is -0.173. The number of rotatable bonds is 6. The van der Waals surface area contributed by atoms with E-state index in [1.165, 1.54) is 40.5 Å². The zero-order valence-electron chi connectivity index (χ0n) is 22.2. The topological polar surface area (TPSA) is 57.7 Å². The molecule has 2 fully saturated rings. The highest BCUT2D eigenvalue weighted by molar-refractivity contribution is 5.86. The molecule has 1 spiro atoms. The van der Waals surface area contributed by atoms with Crippen molar-refractivity contribution in [3.05, 3.63) is 94.7 Å². The van der Waals surface area contributed by atoms with Crippen molar-refractivity contribution in [1.29, 1.82) is 0 Å². The van der Waals surface area contributed by atoms with Crippen molar-refractivity contribution in [3.8, 4) is 11.5 Å². The van der Waals surface area contributed by atoms with E-state index in [9.17, 15) is 5.11 Å². The summed E-state index contributed by atoms with van der Waals surface area (Å²) in [6.07, 6.45) is 5.70. The number of aromatic amines is 1. The number of H-pyrrole nitrogens is 1. The molecule has 9 rings (SSSR count). The lowest BCUT2D eigenvalue weighted by Gasteiger charge is -2.62. The Morgan fingerprint density at radius 3 is 2.74 bits per heavy atom. The first kappa shape index (κ1) is 22.5. The number of fused-ring (bicyclic) bond motifs is 4. The van der Waals surface area contributed by atoms with Gasteiger partial charge in [-0.1, -0.05) is 54.6 Å². The Bertz CT molecular complexity index is 1610. The van der Waals surface area contributed by atoms with Gasteiger partial charge in [-0.3, -0.25) is 4.90 Å². The summed E-state index contributed by atoms with van der Waals surface area (Å²) in [7, 11) is 0. The molecule has 1 aromatic heterocycles. The summed E-state index contributed by atoms with van der Waals surface area (Å²) in [6, 6.07) is 23.5. The van der Waals surface area contributed by atoms with Crippen LogP contribution in [0.15, 0.2) is 66.7 Å². The van der Waals surface area contributed by atoms with Crippen LogP contribution in [0.1, 0.15) is 53.3 Å². The highest BCUT2D eigenvalue weighted by Crippen LogP contribution is 2.69. The summed E-state index contributed by atoms with van der Waals surface area (Å²) >= 11 is 0. The Balaban J connectivity index is 1.18. The van der Waals surface area contributed by atoms with Gasteiger partial charge in [-0.25, -0.2) is 0 Å². The van der Waals surface area contributed by atoms with Gasteiger partial charge in [0.2, 0.25) is 0 Å². The Kier molecular flexibility index (Phi) is 4.56. The molecule has 5 heteroatoms. The van der Waals surface area contributed by atoms with Gasteiger partial charge in [0.15, 0.2) is 17.6 Å². The lowest BCUT2D eigenvalue weighted by Crippen LogP contribution is -2.74. The van der Waals surface area contributed by atoms with Gasteiger partial charge in [0.1, 0.15) is 0 Å². The van der Waals surface area contributed by atoms with Crippen molar-refractivity contribution in [1.82, 2.24) is 9.88 Å². The van der Waals surface area contributed by atoms with Crippen LogP contribution in [-0.4, -0.2) is 46.3 Å². The Labute approximate surface area is 228 Å². The van der Waals surface area contributed by atoms with Crippen LogP contribution >= 0.6 is 0 Å². The first-order chi connectivity index (χ1) is 19.2. The van der Waals surface area contributed by atoms with Crippen LogP contribution in [-0.2, 0) is 24.7 Å². The number of para-hydroxylation sites is 1. The van der Waals surface area contributed by atoms with E-state index in [0.29, 0.717) is 13.0 Å². The number of nitrogens with one attached hydrogen (secondary N) is 1. The summed E-state index contributed by atoms with van der Waals surface area (Å²) in [5, 5.41) is 14.3. The fourth-order valence-corrected chi connectivity index (χ4v) is 8.60. The maximum absolute atomic E-state index is 13.1. The maximum Gasteiger partial charge on any atom is 0.166 e. The van der Waals surface area contributed by atoms with Gasteiger partial charge >= 0.3 is 0 Å². The van der Waals surface area contributed by atoms with Gasteiger partial charge in [-0.15, -0.1) is 0 Å². The van der Waals surface area contributed by atoms with E-state index in [4.69, 9.17) is 9.47 Å². The molecule has 3 aromatic carbocycles. The van der Waals surface area contributed by atoms with E-state index in [2.05, 4.69) is 70.5 Å². The van der Waals surface area contributed by atoms with E-state index >= 15 is 0 Å². The number of aromatic nitrogens is 1. The molecule has 1 saturated carbocycles. The third-order valence-electron chi connectivity index (χ3n) is 10.5. The van der Waals surface area contributed by atoms with Crippen LogP contribution < -0.4 is 9.47 Å². The zero-order valence-corrected chi connectivity index (χ0v) is 22.2. The number of piperidine rings is 1. The summed E-state index contributed by atoms with van der Waals surface area (Å²) < 4.78 is 13.5. The van der Waals surface area contributed by atoms with Crippen molar-refractivity contribution in [3.63, 3.8) is 0 Å². The zero-order chi connectivity index (χ0) is 25.8. The number of aliphatic hydroxyl groups is 1. The summed E-state index contributed by atoms with van der Waals surface area (Å²) in [5.41, 5.74) is 5.98. The van der Waals surface area contributed by atoms with Crippen molar-refractivity contribution >= 4 is 10.9 Å². The van der Waals surface area contributed by atoms with Crippen molar-refractivity contribution < 1.29 is 14.6 Å². The van der Waals surface area contributed by atoms with Crippen LogP contribution in [0.5, 0.6) is 11.5 Å². The number of hydrogen-bond acceptors (Lipinski definition) is 4. The van der Waals surface area contributed by atoms with Crippen molar-refractivity contribution in [2.75, 3.05) is 19.7 Å².